The normalized spacial score (nSPS) is 13.7. The summed E-state index contributed by atoms with van der Waals surface area (Å²) in [7, 11) is 0. The number of hydrogen-bond donors (Lipinski definition) is 2. The molecule has 0 spiro atoms. The zero-order valence-corrected chi connectivity index (χ0v) is 17.1. The van der Waals surface area contributed by atoms with Crippen LogP contribution in [-0.2, 0) is 25.6 Å². The Hall–Kier alpha value is -2.71. The number of alkyl halides is 3. The molecule has 4 rings (SSSR count). The maximum atomic E-state index is 12.9. The minimum atomic E-state index is -4.37. The zero-order valence-electron chi connectivity index (χ0n) is 16.3. The number of amides is 1. The van der Waals surface area contributed by atoms with E-state index in [-0.39, 0.29) is 5.91 Å². The molecule has 1 amide bonds. The number of benzene rings is 2. The van der Waals surface area contributed by atoms with Crippen LogP contribution in [0.4, 0.5) is 18.3 Å². The van der Waals surface area contributed by atoms with E-state index < -0.39 is 11.7 Å². The van der Waals surface area contributed by atoms with E-state index >= 15 is 0 Å². The molecule has 0 atom stereocenters. The lowest BCUT2D eigenvalue weighted by molar-refractivity contribution is -0.137. The first kappa shape index (κ1) is 20.6. The fourth-order valence-electron chi connectivity index (χ4n) is 3.48. The van der Waals surface area contributed by atoms with Gasteiger partial charge in [-0.2, -0.15) is 13.2 Å². The molecule has 1 aliphatic rings. The van der Waals surface area contributed by atoms with Crippen LogP contribution in [0.15, 0.2) is 42.5 Å². The van der Waals surface area contributed by atoms with Gasteiger partial charge < -0.3 is 5.32 Å². The third-order valence-electron chi connectivity index (χ3n) is 5.09. The van der Waals surface area contributed by atoms with Gasteiger partial charge in [0.2, 0.25) is 0 Å². The summed E-state index contributed by atoms with van der Waals surface area (Å²) in [4.78, 5) is 17.9. The van der Waals surface area contributed by atoms with E-state index in [1.54, 1.807) is 19.1 Å². The Morgan fingerprint density at radius 3 is 2.83 bits per heavy atom. The van der Waals surface area contributed by atoms with Crippen LogP contribution in [0.1, 0.15) is 43.2 Å². The van der Waals surface area contributed by atoms with Crippen LogP contribution in [0.3, 0.4) is 0 Å². The highest BCUT2D eigenvalue weighted by atomic mass is 32.1. The van der Waals surface area contributed by atoms with Crippen LogP contribution in [0, 0.1) is 6.92 Å². The van der Waals surface area contributed by atoms with Crippen LogP contribution in [0.5, 0.6) is 0 Å². The second-order valence-electron chi connectivity index (χ2n) is 7.27. The van der Waals surface area contributed by atoms with Crippen molar-refractivity contribution in [3.05, 3.63) is 80.9 Å². The molecular formula is C22H20F3N3OS. The molecule has 3 aromatic rings. The average molecular weight is 431 g/mol. The van der Waals surface area contributed by atoms with Crippen molar-refractivity contribution >= 4 is 22.4 Å². The van der Waals surface area contributed by atoms with Gasteiger partial charge in [-0.3, -0.25) is 10.1 Å². The summed E-state index contributed by atoms with van der Waals surface area (Å²) >= 11 is 1.29. The summed E-state index contributed by atoms with van der Waals surface area (Å²) in [6, 6.07) is 10.9. The molecule has 0 saturated carbocycles. The molecule has 0 fully saturated rings. The summed E-state index contributed by atoms with van der Waals surface area (Å²) in [5, 5.41) is 6.56. The number of nitrogens with one attached hydrogen (secondary N) is 2. The first-order valence-corrected chi connectivity index (χ1v) is 10.4. The molecule has 2 heterocycles. The van der Waals surface area contributed by atoms with Crippen molar-refractivity contribution in [3.63, 3.8) is 0 Å². The van der Waals surface area contributed by atoms with E-state index in [0.29, 0.717) is 28.4 Å². The monoisotopic (exact) mass is 431 g/mol. The van der Waals surface area contributed by atoms with Gasteiger partial charge >= 0.3 is 6.18 Å². The number of anilines is 1. The second-order valence-corrected chi connectivity index (χ2v) is 8.35. The maximum absolute atomic E-state index is 12.9. The number of carbonyl (C=O) groups excluding carboxylic acids is 1. The molecule has 0 bridgehead atoms. The number of aromatic nitrogens is 1. The number of nitrogens with zero attached hydrogens (tertiary/aromatic N) is 1. The lowest BCUT2D eigenvalue weighted by atomic mass is 9.98. The number of aryl methyl sites for hydroxylation is 1. The summed E-state index contributed by atoms with van der Waals surface area (Å²) in [6.07, 6.45) is -3.16. The highest BCUT2D eigenvalue weighted by Crippen LogP contribution is 2.31. The summed E-state index contributed by atoms with van der Waals surface area (Å²) < 4.78 is 38.8. The lowest BCUT2D eigenvalue weighted by Gasteiger charge is -2.17. The third kappa shape index (κ3) is 4.55. The van der Waals surface area contributed by atoms with Gasteiger partial charge in [-0.25, -0.2) is 4.98 Å². The van der Waals surface area contributed by atoms with Gasteiger partial charge in [0, 0.05) is 23.4 Å². The van der Waals surface area contributed by atoms with Crippen molar-refractivity contribution < 1.29 is 18.0 Å². The van der Waals surface area contributed by atoms with Gasteiger partial charge in [0.1, 0.15) is 0 Å². The Morgan fingerprint density at radius 2 is 2.03 bits per heavy atom. The van der Waals surface area contributed by atoms with Crippen molar-refractivity contribution in [1.82, 2.24) is 10.3 Å². The Labute approximate surface area is 176 Å². The molecule has 0 aliphatic carbocycles. The standard InChI is InChI=1S/C22H20F3N3OS/c1-13-19(10-14-3-2-4-18(9-14)22(23,24)25)30-21(27-13)28-20(29)16-5-6-17-12-26-8-7-15(17)11-16/h2-6,9,11,26H,7-8,10,12H2,1H3,(H,27,28,29). The second kappa shape index (κ2) is 8.20. The van der Waals surface area contributed by atoms with E-state index in [0.717, 1.165) is 36.5 Å². The SMILES string of the molecule is Cc1nc(NC(=O)c2ccc3c(c2)CCNC3)sc1Cc1cccc(C(F)(F)F)c1. The topological polar surface area (TPSA) is 54.0 Å². The van der Waals surface area contributed by atoms with Gasteiger partial charge in [-0.05, 0) is 54.8 Å². The van der Waals surface area contributed by atoms with Crippen LogP contribution in [0.25, 0.3) is 0 Å². The molecule has 1 aromatic heterocycles. The van der Waals surface area contributed by atoms with Crippen LogP contribution in [-0.4, -0.2) is 17.4 Å². The highest BCUT2D eigenvalue weighted by molar-refractivity contribution is 7.15. The largest absolute Gasteiger partial charge is 0.416 e. The Balaban J connectivity index is 1.48. The van der Waals surface area contributed by atoms with Gasteiger partial charge in [-0.1, -0.05) is 24.3 Å². The van der Waals surface area contributed by atoms with Gasteiger partial charge in [0.25, 0.3) is 5.91 Å². The number of rotatable bonds is 4. The van der Waals surface area contributed by atoms with E-state index in [1.807, 2.05) is 12.1 Å². The number of halogens is 3. The predicted octanol–water partition coefficient (Wildman–Crippen LogP) is 4.96. The fourth-order valence-corrected chi connectivity index (χ4v) is 4.47. The number of carbonyl (C=O) groups is 1. The minimum Gasteiger partial charge on any atom is -0.312 e. The first-order valence-electron chi connectivity index (χ1n) is 9.56. The van der Waals surface area contributed by atoms with E-state index in [2.05, 4.69) is 15.6 Å². The molecule has 30 heavy (non-hydrogen) atoms. The van der Waals surface area contributed by atoms with Crippen molar-refractivity contribution in [2.24, 2.45) is 0 Å². The van der Waals surface area contributed by atoms with E-state index in [9.17, 15) is 18.0 Å². The Kier molecular flexibility index (Phi) is 5.62. The maximum Gasteiger partial charge on any atom is 0.416 e. The van der Waals surface area contributed by atoms with Crippen LogP contribution in [0.2, 0.25) is 0 Å². The molecule has 0 saturated heterocycles. The smallest absolute Gasteiger partial charge is 0.312 e. The predicted molar refractivity (Wildman–Crippen MR) is 111 cm³/mol. The average Bonchev–Trinajstić information content (AvgIpc) is 3.05. The van der Waals surface area contributed by atoms with Crippen molar-refractivity contribution in [1.29, 1.82) is 0 Å². The minimum absolute atomic E-state index is 0.240. The Bertz CT molecular complexity index is 1090. The van der Waals surface area contributed by atoms with Gasteiger partial charge in [0.15, 0.2) is 5.13 Å². The number of hydrogen-bond acceptors (Lipinski definition) is 4. The molecule has 156 valence electrons. The fraction of sp³-hybridized carbons (Fsp3) is 0.273. The Morgan fingerprint density at radius 1 is 1.20 bits per heavy atom. The van der Waals surface area contributed by atoms with Crippen molar-refractivity contribution in [2.75, 3.05) is 11.9 Å². The quantitative estimate of drug-likeness (QED) is 0.614. The van der Waals surface area contributed by atoms with Gasteiger partial charge in [-0.15, -0.1) is 11.3 Å². The molecular weight excluding hydrogens is 411 g/mol. The summed E-state index contributed by atoms with van der Waals surface area (Å²) in [6.45, 7) is 3.49. The lowest BCUT2D eigenvalue weighted by Crippen LogP contribution is -2.24. The zero-order chi connectivity index (χ0) is 21.3. The molecule has 0 radical (unpaired) electrons. The summed E-state index contributed by atoms with van der Waals surface area (Å²) in [5.74, 6) is -0.240. The van der Waals surface area contributed by atoms with Crippen LogP contribution >= 0.6 is 11.3 Å². The number of thiazole rings is 1. The van der Waals surface area contributed by atoms with Crippen molar-refractivity contribution in [3.8, 4) is 0 Å². The summed E-state index contributed by atoms with van der Waals surface area (Å²) in [5.41, 5.74) is 3.52. The molecule has 0 unspecified atom stereocenters. The molecule has 1 aliphatic heterocycles. The van der Waals surface area contributed by atoms with Gasteiger partial charge in [0.05, 0.1) is 11.3 Å². The molecule has 4 nitrogen and oxygen atoms in total. The van der Waals surface area contributed by atoms with Crippen molar-refractivity contribution in [2.45, 2.75) is 32.5 Å². The van der Waals surface area contributed by atoms with E-state index in [4.69, 9.17) is 0 Å². The third-order valence-corrected chi connectivity index (χ3v) is 6.16. The molecule has 8 heteroatoms. The number of fused-ring (bicyclic) bond motifs is 1. The first-order chi connectivity index (χ1) is 14.3. The van der Waals surface area contributed by atoms with Crippen LogP contribution < -0.4 is 10.6 Å². The highest BCUT2D eigenvalue weighted by Gasteiger charge is 2.30. The molecule has 2 N–H and O–H groups in total. The molecule has 2 aromatic carbocycles. The van der Waals surface area contributed by atoms with E-state index in [1.165, 1.54) is 28.5 Å².